The standard InChI is InChI=1S/C15H11BrClN3O2S/c1-10-15(23(21,22)12-8-6-11(16)7-9-12)18-19-20(10)14-5-3-2-4-13(14)17/h2-9H,1H3. The summed E-state index contributed by atoms with van der Waals surface area (Å²) >= 11 is 9.43. The van der Waals surface area contributed by atoms with Gasteiger partial charge in [0.25, 0.3) is 0 Å². The fourth-order valence-electron chi connectivity index (χ4n) is 2.14. The molecule has 3 aromatic rings. The Kier molecular flexibility index (Phi) is 4.27. The Morgan fingerprint density at radius 2 is 1.74 bits per heavy atom. The van der Waals surface area contributed by atoms with Crippen LogP contribution in [0.4, 0.5) is 0 Å². The quantitative estimate of drug-likeness (QED) is 0.656. The van der Waals surface area contributed by atoms with Gasteiger partial charge in [-0.25, -0.2) is 13.1 Å². The fraction of sp³-hybridized carbons (Fsp3) is 0.0667. The second-order valence-electron chi connectivity index (χ2n) is 4.80. The van der Waals surface area contributed by atoms with Crippen LogP contribution in [0.1, 0.15) is 5.69 Å². The van der Waals surface area contributed by atoms with Crippen LogP contribution in [-0.2, 0) is 9.84 Å². The van der Waals surface area contributed by atoms with Gasteiger partial charge in [-0.15, -0.1) is 5.10 Å². The Morgan fingerprint density at radius 3 is 2.39 bits per heavy atom. The Balaban J connectivity index is 2.12. The van der Waals surface area contributed by atoms with Crippen LogP contribution in [0.25, 0.3) is 5.69 Å². The van der Waals surface area contributed by atoms with E-state index >= 15 is 0 Å². The molecule has 0 aliphatic carbocycles. The highest BCUT2D eigenvalue weighted by Crippen LogP contribution is 2.26. The van der Waals surface area contributed by atoms with E-state index in [0.717, 1.165) is 4.47 Å². The van der Waals surface area contributed by atoms with Gasteiger partial charge in [-0.05, 0) is 43.3 Å². The zero-order valence-corrected chi connectivity index (χ0v) is 15.1. The lowest BCUT2D eigenvalue weighted by Gasteiger charge is -2.06. The lowest BCUT2D eigenvalue weighted by molar-refractivity contribution is 0.591. The van der Waals surface area contributed by atoms with Crippen molar-refractivity contribution in [2.45, 2.75) is 16.8 Å². The average Bonchev–Trinajstić information content (AvgIpc) is 2.90. The molecule has 0 aliphatic heterocycles. The predicted octanol–water partition coefficient (Wildman–Crippen LogP) is 3.82. The highest BCUT2D eigenvalue weighted by atomic mass is 79.9. The first-order valence-electron chi connectivity index (χ1n) is 6.59. The number of para-hydroxylation sites is 1. The maximum Gasteiger partial charge on any atom is 0.227 e. The Bertz CT molecular complexity index is 969. The van der Waals surface area contributed by atoms with Crippen molar-refractivity contribution in [3.63, 3.8) is 0 Å². The highest BCUT2D eigenvalue weighted by Gasteiger charge is 2.26. The van der Waals surface area contributed by atoms with Crippen molar-refractivity contribution < 1.29 is 8.42 Å². The molecule has 2 aromatic carbocycles. The molecule has 1 aromatic heterocycles. The zero-order valence-electron chi connectivity index (χ0n) is 11.9. The lowest BCUT2D eigenvalue weighted by atomic mass is 10.3. The summed E-state index contributed by atoms with van der Waals surface area (Å²) in [7, 11) is -3.74. The molecule has 0 N–H and O–H groups in total. The van der Waals surface area contributed by atoms with E-state index in [1.54, 1.807) is 43.3 Å². The van der Waals surface area contributed by atoms with Gasteiger partial charge >= 0.3 is 0 Å². The van der Waals surface area contributed by atoms with E-state index in [2.05, 4.69) is 26.2 Å². The maximum atomic E-state index is 12.7. The molecule has 3 rings (SSSR count). The SMILES string of the molecule is Cc1c(S(=O)(=O)c2ccc(Br)cc2)nnn1-c1ccccc1Cl. The van der Waals surface area contributed by atoms with Gasteiger partial charge in [-0.1, -0.05) is 44.9 Å². The Morgan fingerprint density at radius 1 is 1.09 bits per heavy atom. The number of halogens is 2. The van der Waals surface area contributed by atoms with Crippen molar-refractivity contribution in [1.82, 2.24) is 15.0 Å². The van der Waals surface area contributed by atoms with E-state index in [0.29, 0.717) is 16.4 Å². The van der Waals surface area contributed by atoms with Crippen LogP contribution in [-0.4, -0.2) is 23.4 Å². The second kappa shape index (κ2) is 6.07. The van der Waals surface area contributed by atoms with Gasteiger partial charge in [0, 0.05) is 4.47 Å². The van der Waals surface area contributed by atoms with E-state index in [4.69, 9.17) is 11.6 Å². The summed E-state index contributed by atoms with van der Waals surface area (Å²) in [5, 5.41) is 8.19. The lowest BCUT2D eigenvalue weighted by Crippen LogP contribution is -2.05. The minimum absolute atomic E-state index is 0.0836. The summed E-state index contributed by atoms with van der Waals surface area (Å²) in [4.78, 5) is 0.162. The summed E-state index contributed by atoms with van der Waals surface area (Å²) in [6.45, 7) is 1.65. The summed E-state index contributed by atoms with van der Waals surface area (Å²) in [5.74, 6) is 0. The minimum atomic E-state index is -3.74. The number of hydrogen-bond acceptors (Lipinski definition) is 4. The monoisotopic (exact) mass is 411 g/mol. The number of nitrogens with zero attached hydrogens (tertiary/aromatic N) is 3. The largest absolute Gasteiger partial charge is 0.227 e. The predicted molar refractivity (Wildman–Crippen MR) is 90.7 cm³/mol. The van der Waals surface area contributed by atoms with E-state index < -0.39 is 9.84 Å². The molecule has 23 heavy (non-hydrogen) atoms. The molecule has 1 heterocycles. The molecule has 5 nitrogen and oxygen atoms in total. The van der Waals surface area contributed by atoms with Crippen molar-refractivity contribution >= 4 is 37.4 Å². The number of sulfone groups is 1. The van der Waals surface area contributed by atoms with Crippen molar-refractivity contribution in [3.05, 3.63) is 63.7 Å². The molecule has 0 spiro atoms. The highest BCUT2D eigenvalue weighted by molar-refractivity contribution is 9.10. The molecule has 8 heteroatoms. The van der Waals surface area contributed by atoms with Gasteiger partial charge in [0.2, 0.25) is 14.9 Å². The molecule has 0 unspecified atom stereocenters. The molecule has 118 valence electrons. The van der Waals surface area contributed by atoms with Gasteiger partial charge in [0.1, 0.15) is 0 Å². The van der Waals surface area contributed by atoms with Crippen LogP contribution < -0.4 is 0 Å². The summed E-state index contributed by atoms with van der Waals surface area (Å²) in [6.07, 6.45) is 0. The third kappa shape index (κ3) is 2.91. The zero-order chi connectivity index (χ0) is 16.6. The van der Waals surface area contributed by atoms with Gasteiger partial charge < -0.3 is 0 Å². The van der Waals surface area contributed by atoms with Crippen molar-refractivity contribution in [1.29, 1.82) is 0 Å². The molecule has 0 fully saturated rings. The topological polar surface area (TPSA) is 64.8 Å². The number of rotatable bonds is 3. The first-order chi connectivity index (χ1) is 10.9. The van der Waals surface area contributed by atoms with Gasteiger partial charge in [-0.3, -0.25) is 0 Å². The first-order valence-corrected chi connectivity index (χ1v) is 9.24. The summed E-state index contributed by atoms with van der Waals surface area (Å²) in [5.41, 5.74) is 0.984. The number of hydrogen-bond donors (Lipinski definition) is 0. The minimum Gasteiger partial charge on any atom is -0.217 e. The molecule has 0 radical (unpaired) electrons. The van der Waals surface area contributed by atoms with E-state index in [1.165, 1.54) is 16.8 Å². The van der Waals surface area contributed by atoms with Gasteiger partial charge in [0.15, 0.2) is 0 Å². The molecular weight excluding hydrogens is 402 g/mol. The average molecular weight is 413 g/mol. The third-order valence-corrected chi connectivity index (χ3v) is 5.94. The van der Waals surface area contributed by atoms with Crippen LogP contribution in [0, 0.1) is 6.92 Å². The van der Waals surface area contributed by atoms with Crippen LogP contribution in [0.5, 0.6) is 0 Å². The Labute approximate surface area is 147 Å². The van der Waals surface area contributed by atoms with E-state index in [9.17, 15) is 8.42 Å². The van der Waals surface area contributed by atoms with E-state index in [1.807, 2.05) is 0 Å². The van der Waals surface area contributed by atoms with Crippen molar-refractivity contribution in [3.8, 4) is 5.69 Å². The summed E-state index contributed by atoms with van der Waals surface area (Å²) in [6, 6.07) is 13.4. The molecule has 0 atom stereocenters. The molecule has 0 aliphatic rings. The second-order valence-corrected chi connectivity index (χ2v) is 7.99. The van der Waals surface area contributed by atoms with E-state index in [-0.39, 0.29) is 9.92 Å². The third-order valence-electron chi connectivity index (χ3n) is 3.31. The maximum absolute atomic E-state index is 12.7. The van der Waals surface area contributed by atoms with Crippen LogP contribution in [0.2, 0.25) is 5.02 Å². The molecule has 0 amide bonds. The molecule has 0 bridgehead atoms. The fourth-order valence-corrected chi connectivity index (χ4v) is 3.96. The molecule has 0 saturated carbocycles. The van der Waals surface area contributed by atoms with Crippen LogP contribution >= 0.6 is 27.5 Å². The number of aromatic nitrogens is 3. The smallest absolute Gasteiger partial charge is 0.217 e. The Hall–Kier alpha value is -1.70. The number of benzene rings is 2. The van der Waals surface area contributed by atoms with Crippen molar-refractivity contribution in [2.24, 2.45) is 0 Å². The normalized spacial score (nSPS) is 11.6. The van der Waals surface area contributed by atoms with Crippen molar-refractivity contribution in [2.75, 3.05) is 0 Å². The van der Waals surface area contributed by atoms with Gasteiger partial charge in [0.05, 0.1) is 21.3 Å². The molecule has 0 saturated heterocycles. The van der Waals surface area contributed by atoms with Crippen LogP contribution in [0.15, 0.2) is 62.9 Å². The first kappa shape index (κ1) is 16.2. The molecular formula is C15H11BrClN3O2S. The van der Waals surface area contributed by atoms with Crippen LogP contribution in [0.3, 0.4) is 0 Å². The van der Waals surface area contributed by atoms with Gasteiger partial charge in [-0.2, -0.15) is 0 Å². The summed E-state index contributed by atoms with van der Waals surface area (Å²) < 4.78 is 27.7.